The van der Waals surface area contributed by atoms with Gasteiger partial charge < -0.3 is 14.4 Å². The average Bonchev–Trinajstić information content (AvgIpc) is 3.07. The van der Waals surface area contributed by atoms with E-state index in [1.807, 2.05) is 24.3 Å². The Kier molecular flexibility index (Phi) is 5.95. The van der Waals surface area contributed by atoms with Crippen LogP contribution >= 0.6 is 11.3 Å². The fraction of sp³-hybridized carbons (Fsp3) is 0.421. The van der Waals surface area contributed by atoms with Crippen LogP contribution in [0.5, 0.6) is 5.75 Å². The van der Waals surface area contributed by atoms with Crippen LogP contribution in [-0.4, -0.2) is 42.1 Å². The van der Waals surface area contributed by atoms with Crippen LogP contribution in [0.15, 0.2) is 24.3 Å². The number of methoxy groups -OCH3 is 1. The Labute approximate surface area is 162 Å². The smallest absolute Gasteiger partial charge is 0.413 e. The summed E-state index contributed by atoms with van der Waals surface area (Å²) >= 11 is 1.36. The lowest BCUT2D eigenvalue weighted by atomic mass is 10.0. The maximum Gasteiger partial charge on any atom is 0.413 e. The number of thiazole rings is 1. The Hall–Kier alpha value is -2.61. The second-order valence-corrected chi connectivity index (χ2v) is 7.67. The van der Waals surface area contributed by atoms with Crippen molar-refractivity contribution in [3.05, 3.63) is 40.4 Å². The molecule has 1 aromatic heterocycles. The van der Waals surface area contributed by atoms with Crippen LogP contribution in [0.2, 0.25) is 0 Å². The zero-order chi connectivity index (χ0) is 19.4. The zero-order valence-electron chi connectivity index (χ0n) is 15.7. The molecule has 0 saturated heterocycles. The highest BCUT2D eigenvalue weighted by atomic mass is 32.1. The van der Waals surface area contributed by atoms with E-state index >= 15 is 0 Å². The van der Waals surface area contributed by atoms with Crippen molar-refractivity contribution in [2.45, 2.75) is 32.7 Å². The fourth-order valence-corrected chi connectivity index (χ4v) is 3.79. The minimum Gasteiger partial charge on any atom is -0.484 e. The van der Waals surface area contributed by atoms with Gasteiger partial charge >= 0.3 is 6.09 Å². The number of amides is 2. The van der Waals surface area contributed by atoms with Gasteiger partial charge in [0.05, 0.1) is 19.3 Å². The molecular weight excluding hydrogens is 366 g/mol. The molecule has 0 spiro atoms. The molecule has 0 unspecified atom stereocenters. The molecule has 2 aromatic rings. The predicted octanol–water partition coefficient (Wildman–Crippen LogP) is 3.41. The van der Waals surface area contributed by atoms with Crippen LogP contribution in [0.1, 0.15) is 35.9 Å². The molecule has 1 N–H and O–H groups in total. The Morgan fingerprint density at radius 1 is 1.30 bits per heavy atom. The molecule has 2 amide bonds. The minimum atomic E-state index is -0.550. The van der Waals surface area contributed by atoms with Crippen LogP contribution in [-0.2, 0) is 22.5 Å². The monoisotopic (exact) mass is 389 g/mol. The number of hydrogen-bond donors (Lipinski definition) is 1. The maximum absolute atomic E-state index is 12.5. The summed E-state index contributed by atoms with van der Waals surface area (Å²) in [7, 11) is 1.31. The number of aromatic nitrogens is 1. The second kappa shape index (κ2) is 8.39. The number of nitrogens with one attached hydrogen (secondary N) is 1. The topological polar surface area (TPSA) is 80.8 Å². The summed E-state index contributed by atoms with van der Waals surface area (Å²) in [5.41, 5.74) is 2.15. The number of carbonyl (C=O) groups excluding carboxylic acids is 2. The number of anilines is 1. The van der Waals surface area contributed by atoms with Gasteiger partial charge in [0, 0.05) is 17.8 Å². The molecule has 0 saturated carbocycles. The van der Waals surface area contributed by atoms with E-state index in [0.29, 0.717) is 36.3 Å². The van der Waals surface area contributed by atoms with E-state index in [1.54, 1.807) is 4.90 Å². The summed E-state index contributed by atoms with van der Waals surface area (Å²) in [6.45, 7) is 5.33. The van der Waals surface area contributed by atoms with Crippen molar-refractivity contribution < 1.29 is 19.1 Å². The molecule has 27 heavy (non-hydrogen) atoms. The summed E-state index contributed by atoms with van der Waals surface area (Å²) in [5, 5.41) is 3.06. The van der Waals surface area contributed by atoms with Crippen molar-refractivity contribution in [1.82, 2.24) is 9.88 Å². The van der Waals surface area contributed by atoms with Crippen LogP contribution in [0.4, 0.5) is 9.93 Å². The molecule has 144 valence electrons. The van der Waals surface area contributed by atoms with Crippen molar-refractivity contribution in [2.75, 3.05) is 25.6 Å². The number of hydrogen-bond acceptors (Lipinski definition) is 6. The van der Waals surface area contributed by atoms with Gasteiger partial charge in [-0.2, -0.15) is 0 Å². The first-order chi connectivity index (χ1) is 13.0. The summed E-state index contributed by atoms with van der Waals surface area (Å²) < 4.78 is 10.2. The molecule has 1 aliphatic heterocycles. The molecule has 1 aromatic carbocycles. The van der Waals surface area contributed by atoms with Gasteiger partial charge in [0.1, 0.15) is 5.75 Å². The number of benzene rings is 1. The molecule has 0 radical (unpaired) electrons. The third-order valence-electron chi connectivity index (χ3n) is 4.39. The molecule has 2 heterocycles. The number of carbonyl (C=O) groups is 2. The maximum atomic E-state index is 12.5. The van der Waals surface area contributed by atoms with Crippen molar-refractivity contribution in [3.63, 3.8) is 0 Å². The molecule has 7 nitrogen and oxygen atoms in total. The van der Waals surface area contributed by atoms with Gasteiger partial charge in [-0.05, 0) is 23.6 Å². The number of ether oxygens (including phenoxy) is 2. The SMILES string of the molecule is COC(=O)Nc1nc2c(s1)CN(C(=O)COc1ccc(C(C)C)cc1)CC2. The number of rotatable bonds is 5. The van der Waals surface area contributed by atoms with Crippen molar-refractivity contribution in [1.29, 1.82) is 0 Å². The van der Waals surface area contributed by atoms with Crippen molar-refractivity contribution in [2.24, 2.45) is 0 Å². The van der Waals surface area contributed by atoms with E-state index in [2.05, 4.69) is 28.9 Å². The van der Waals surface area contributed by atoms with Crippen LogP contribution in [0, 0.1) is 0 Å². The third kappa shape index (κ3) is 4.77. The normalized spacial score (nSPS) is 13.3. The van der Waals surface area contributed by atoms with Gasteiger partial charge in [-0.1, -0.05) is 37.3 Å². The lowest BCUT2D eigenvalue weighted by Crippen LogP contribution is -2.38. The van der Waals surface area contributed by atoms with Gasteiger partial charge in [0.2, 0.25) is 0 Å². The Balaban J connectivity index is 1.55. The number of fused-ring (bicyclic) bond motifs is 1. The van der Waals surface area contributed by atoms with E-state index in [9.17, 15) is 9.59 Å². The highest BCUT2D eigenvalue weighted by Gasteiger charge is 2.25. The second-order valence-electron chi connectivity index (χ2n) is 6.58. The van der Waals surface area contributed by atoms with Crippen LogP contribution in [0.25, 0.3) is 0 Å². The summed E-state index contributed by atoms with van der Waals surface area (Å²) in [6.07, 6.45) is 0.106. The first kappa shape index (κ1) is 19.2. The predicted molar refractivity (Wildman–Crippen MR) is 103 cm³/mol. The zero-order valence-corrected chi connectivity index (χ0v) is 16.5. The number of nitrogens with zero attached hydrogens (tertiary/aromatic N) is 2. The highest BCUT2D eigenvalue weighted by molar-refractivity contribution is 7.15. The van der Waals surface area contributed by atoms with E-state index in [-0.39, 0.29) is 12.5 Å². The molecule has 3 rings (SSSR count). The first-order valence-corrected chi connectivity index (χ1v) is 9.62. The Morgan fingerprint density at radius 3 is 2.70 bits per heavy atom. The van der Waals surface area contributed by atoms with Gasteiger partial charge in [-0.15, -0.1) is 0 Å². The van der Waals surface area contributed by atoms with Gasteiger partial charge in [0.15, 0.2) is 11.7 Å². The summed E-state index contributed by atoms with van der Waals surface area (Å²) in [5.74, 6) is 1.08. The highest BCUT2D eigenvalue weighted by Crippen LogP contribution is 2.28. The summed E-state index contributed by atoms with van der Waals surface area (Å²) in [4.78, 5) is 30.9. The quantitative estimate of drug-likeness (QED) is 0.848. The van der Waals surface area contributed by atoms with Gasteiger partial charge in [-0.3, -0.25) is 10.1 Å². The fourth-order valence-electron chi connectivity index (χ4n) is 2.79. The molecule has 0 atom stereocenters. The third-order valence-corrected chi connectivity index (χ3v) is 5.39. The van der Waals surface area contributed by atoms with Crippen LogP contribution < -0.4 is 10.1 Å². The van der Waals surface area contributed by atoms with E-state index in [4.69, 9.17) is 4.74 Å². The average molecular weight is 389 g/mol. The molecule has 0 aliphatic carbocycles. The Bertz CT molecular complexity index is 817. The van der Waals surface area contributed by atoms with Gasteiger partial charge in [0.25, 0.3) is 5.91 Å². The largest absolute Gasteiger partial charge is 0.484 e. The van der Waals surface area contributed by atoms with Crippen molar-refractivity contribution in [3.8, 4) is 5.75 Å². The standard InChI is InChI=1S/C19H23N3O4S/c1-12(2)13-4-6-14(7-5-13)26-11-17(23)22-9-8-15-16(10-22)27-18(20-15)21-19(24)25-3/h4-7,12H,8-11H2,1-3H3,(H,20,21,24). The van der Waals surface area contributed by atoms with E-state index in [0.717, 1.165) is 10.6 Å². The minimum absolute atomic E-state index is 0.00241. The molecular formula is C19H23N3O4S. The van der Waals surface area contributed by atoms with Crippen LogP contribution in [0.3, 0.4) is 0 Å². The lowest BCUT2D eigenvalue weighted by molar-refractivity contribution is -0.134. The van der Waals surface area contributed by atoms with Gasteiger partial charge in [-0.25, -0.2) is 9.78 Å². The van der Waals surface area contributed by atoms with Crippen molar-refractivity contribution >= 4 is 28.5 Å². The Morgan fingerprint density at radius 2 is 2.04 bits per heavy atom. The molecule has 1 aliphatic rings. The first-order valence-electron chi connectivity index (χ1n) is 8.80. The molecule has 8 heteroatoms. The molecule has 0 fully saturated rings. The summed E-state index contributed by atoms with van der Waals surface area (Å²) in [6, 6.07) is 7.82. The lowest BCUT2D eigenvalue weighted by Gasteiger charge is -2.26. The molecule has 0 bridgehead atoms. The van der Waals surface area contributed by atoms with E-state index in [1.165, 1.54) is 24.0 Å². The van der Waals surface area contributed by atoms with E-state index < -0.39 is 6.09 Å².